The van der Waals surface area contributed by atoms with Crippen molar-refractivity contribution in [2.75, 3.05) is 13.7 Å². The lowest BCUT2D eigenvalue weighted by Gasteiger charge is -2.61. The van der Waals surface area contributed by atoms with Gasteiger partial charge in [-0.1, -0.05) is 19.9 Å². The van der Waals surface area contributed by atoms with Crippen LogP contribution in [0.4, 0.5) is 0 Å². The summed E-state index contributed by atoms with van der Waals surface area (Å²) in [6, 6.07) is 2.21. The molecule has 0 aliphatic heterocycles. The summed E-state index contributed by atoms with van der Waals surface area (Å²) in [4.78, 5) is 4.50. The van der Waals surface area contributed by atoms with Crippen molar-refractivity contribution in [3.8, 4) is 5.75 Å². The van der Waals surface area contributed by atoms with Crippen LogP contribution in [0.1, 0.15) is 77.7 Å². The molecule has 3 fully saturated rings. The molecule has 3 heteroatoms. The van der Waals surface area contributed by atoms with Crippen molar-refractivity contribution >= 4 is 5.57 Å². The summed E-state index contributed by atoms with van der Waals surface area (Å²) in [6.45, 7) is 7.92. The van der Waals surface area contributed by atoms with Crippen molar-refractivity contribution in [2.24, 2.45) is 34.5 Å². The smallest absolute Gasteiger partial charge is 0.138 e. The minimum atomic E-state index is 0.292. The summed E-state index contributed by atoms with van der Waals surface area (Å²) in [6.07, 6.45) is 17.6. The number of hydrogen-bond acceptors (Lipinski definition) is 3. The first-order valence-electron chi connectivity index (χ1n) is 12.3. The van der Waals surface area contributed by atoms with E-state index in [4.69, 9.17) is 9.47 Å². The fourth-order valence-electron chi connectivity index (χ4n) is 8.26. The highest BCUT2D eigenvalue weighted by molar-refractivity contribution is 5.73. The maximum atomic E-state index is 5.77. The lowest BCUT2D eigenvalue weighted by atomic mass is 9.44. The third-order valence-electron chi connectivity index (χ3n) is 9.87. The molecule has 1 aromatic rings. The van der Waals surface area contributed by atoms with Crippen molar-refractivity contribution < 1.29 is 9.47 Å². The Hall–Kier alpha value is -1.35. The molecule has 0 radical (unpaired) electrons. The van der Waals surface area contributed by atoms with Gasteiger partial charge in [0, 0.05) is 13.3 Å². The largest absolute Gasteiger partial charge is 0.492 e. The number of rotatable bonds is 4. The van der Waals surface area contributed by atoms with E-state index in [1.54, 1.807) is 0 Å². The monoisotopic (exact) mass is 409 g/mol. The Balaban J connectivity index is 1.39. The average molecular weight is 410 g/mol. The lowest BCUT2D eigenvalue weighted by Crippen LogP contribution is -2.53. The molecule has 0 N–H and O–H groups in total. The molecule has 3 saturated carbocycles. The van der Waals surface area contributed by atoms with Crippen LogP contribution in [-0.2, 0) is 4.74 Å². The van der Waals surface area contributed by atoms with Gasteiger partial charge in [-0.25, -0.2) is 0 Å². The molecule has 0 spiro atoms. The van der Waals surface area contributed by atoms with E-state index in [-0.39, 0.29) is 0 Å². The van der Waals surface area contributed by atoms with Gasteiger partial charge in [-0.05, 0) is 110 Å². The maximum Gasteiger partial charge on any atom is 0.138 e. The van der Waals surface area contributed by atoms with Gasteiger partial charge in [-0.15, -0.1) is 0 Å². The van der Waals surface area contributed by atoms with Crippen LogP contribution in [0.15, 0.2) is 24.5 Å². The van der Waals surface area contributed by atoms with E-state index in [2.05, 4.69) is 37.2 Å². The number of fused-ring (bicyclic) bond motifs is 5. The van der Waals surface area contributed by atoms with Crippen LogP contribution in [0, 0.1) is 34.5 Å². The summed E-state index contributed by atoms with van der Waals surface area (Å²) < 4.78 is 11.5. The van der Waals surface area contributed by atoms with E-state index in [1.165, 1.54) is 62.5 Å². The molecule has 0 bridgehead atoms. The molecule has 0 saturated heterocycles. The molecule has 3 nitrogen and oxygen atoms in total. The molecular formula is C27H39NO2. The molecule has 0 amide bonds. The molecule has 7 atom stereocenters. The zero-order chi connectivity index (χ0) is 20.9. The second-order valence-electron chi connectivity index (χ2n) is 10.9. The van der Waals surface area contributed by atoms with E-state index < -0.39 is 0 Å². The second-order valence-corrected chi connectivity index (χ2v) is 10.9. The Labute approximate surface area is 182 Å². The fourth-order valence-corrected chi connectivity index (χ4v) is 8.26. The van der Waals surface area contributed by atoms with Crippen molar-refractivity contribution in [2.45, 2.75) is 78.2 Å². The minimum absolute atomic E-state index is 0.292. The summed E-state index contributed by atoms with van der Waals surface area (Å²) in [5.41, 5.74) is 3.64. The van der Waals surface area contributed by atoms with Crippen molar-refractivity contribution in [1.82, 2.24) is 4.98 Å². The molecule has 0 unspecified atom stereocenters. The normalized spacial score (nSPS) is 42.7. The van der Waals surface area contributed by atoms with Crippen LogP contribution in [-0.4, -0.2) is 24.8 Å². The van der Waals surface area contributed by atoms with Crippen LogP contribution in [0.5, 0.6) is 5.75 Å². The predicted molar refractivity (Wildman–Crippen MR) is 121 cm³/mol. The second kappa shape index (κ2) is 7.65. The summed E-state index contributed by atoms with van der Waals surface area (Å²) in [5.74, 6) is 4.33. The Morgan fingerprint density at radius 1 is 1.07 bits per heavy atom. The first-order chi connectivity index (χ1) is 14.5. The molecule has 4 aliphatic rings. The number of allylic oxidation sites excluding steroid dienone is 2. The summed E-state index contributed by atoms with van der Waals surface area (Å²) >= 11 is 0. The Morgan fingerprint density at radius 2 is 1.93 bits per heavy atom. The SMILES string of the molecule is CCOc1cncc(C2=CC[C@H]3[C@@H]4CC[C@H]5C[C@@H](OC)CC[C@]5(C)[C@H]4CC[C@]23C)c1. The van der Waals surface area contributed by atoms with Crippen molar-refractivity contribution in [3.63, 3.8) is 0 Å². The number of ether oxygens (including phenoxy) is 2. The van der Waals surface area contributed by atoms with Crippen LogP contribution in [0.25, 0.3) is 5.57 Å². The zero-order valence-electron chi connectivity index (χ0n) is 19.3. The Bertz CT molecular complexity index is 819. The fraction of sp³-hybridized carbons (Fsp3) is 0.741. The third-order valence-corrected chi connectivity index (χ3v) is 9.87. The molecule has 164 valence electrons. The predicted octanol–water partition coefficient (Wildman–Crippen LogP) is 6.53. The Morgan fingerprint density at radius 3 is 2.73 bits per heavy atom. The van der Waals surface area contributed by atoms with Crippen LogP contribution >= 0.6 is 0 Å². The molecule has 1 heterocycles. The van der Waals surface area contributed by atoms with Gasteiger partial charge in [-0.3, -0.25) is 4.98 Å². The van der Waals surface area contributed by atoms with Crippen molar-refractivity contribution in [1.29, 1.82) is 0 Å². The highest BCUT2D eigenvalue weighted by Crippen LogP contribution is 2.67. The van der Waals surface area contributed by atoms with Gasteiger partial charge in [0.15, 0.2) is 0 Å². The molecule has 0 aromatic carbocycles. The van der Waals surface area contributed by atoms with Gasteiger partial charge >= 0.3 is 0 Å². The number of nitrogens with zero attached hydrogens (tertiary/aromatic N) is 1. The van der Waals surface area contributed by atoms with E-state index in [1.807, 2.05) is 20.2 Å². The van der Waals surface area contributed by atoms with Gasteiger partial charge in [-0.2, -0.15) is 0 Å². The number of pyridine rings is 1. The van der Waals surface area contributed by atoms with Gasteiger partial charge in [0.25, 0.3) is 0 Å². The molecular weight excluding hydrogens is 370 g/mol. The van der Waals surface area contributed by atoms with Gasteiger partial charge in [0.2, 0.25) is 0 Å². The summed E-state index contributed by atoms with van der Waals surface area (Å²) in [7, 11) is 1.91. The zero-order valence-corrected chi connectivity index (χ0v) is 19.3. The third kappa shape index (κ3) is 3.06. The first-order valence-corrected chi connectivity index (χ1v) is 12.3. The average Bonchev–Trinajstić information content (AvgIpc) is 3.11. The molecule has 1 aromatic heterocycles. The van der Waals surface area contributed by atoms with Crippen LogP contribution in [0.3, 0.4) is 0 Å². The number of hydrogen-bond donors (Lipinski definition) is 0. The van der Waals surface area contributed by atoms with Crippen LogP contribution in [0.2, 0.25) is 0 Å². The maximum absolute atomic E-state index is 5.77. The van der Waals surface area contributed by atoms with E-state index >= 15 is 0 Å². The minimum Gasteiger partial charge on any atom is -0.492 e. The highest BCUT2D eigenvalue weighted by Gasteiger charge is 2.58. The summed E-state index contributed by atoms with van der Waals surface area (Å²) in [5, 5.41) is 0. The molecule has 4 aliphatic carbocycles. The Kier molecular flexibility index (Phi) is 5.24. The topological polar surface area (TPSA) is 31.4 Å². The van der Waals surface area contributed by atoms with Crippen molar-refractivity contribution in [3.05, 3.63) is 30.1 Å². The number of methoxy groups -OCH3 is 1. The quantitative estimate of drug-likeness (QED) is 0.566. The molecule has 5 rings (SSSR count). The molecule has 30 heavy (non-hydrogen) atoms. The number of aromatic nitrogens is 1. The van der Waals surface area contributed by atoms with Gasteiger partial charge < -0.3 is 9.47 Å². The van der Waals surface area contributed by atoms with E-state index in [0.29, 0.717) is 23.5 Å². The highest BCUT2D eigenvalue weighted by atomic mass is 16.5. The standard InChI is InChI=1S/C27H39NO2/c1-5-30-21-14-18(16-28-17-21)23-8-9-24-22-7-6-19-15-20(29-4)10-12-26(19,2)25(22)11-13-27(23,24)3/h8,14,16-17,19-20,22,24-25H,5-7,9-13,15H2,1-4H3/t19-,20-,22-,24-,25-,26-,27+/m0/s1. The van der Waals surface area contributed by atoms with Gasteiger partial charge in [0.05, 0.1) is 18.9 Å². The van der Waals surface area contributed by atoms with E-state index in [9.17, 15) is 0 Å². The first kappa shape index (κ1) is 20.5. The lowest BCUT2D eigenvalue weighted by molar-refractivity contribution is -0.120. The van der Waals surface area contributed by atoms with E-state index in [0.717, 1.165) is 29.4 Å². The van der Waals surface area contributed by atoms with Crippen LogP contribution < -0.4 is 4.74 Å². The van der Waals surface area contributed by atoms with Gasteiger partial charge in [0.1, 0.15) is 5.75 Å².